The van der Waals surface area contributed by atoms with E-state index in [1.165, 1.54) is 25.7 Å². The number of rotatable bonds is 2. The van der Waals surface area contributed by atoms with Gasteiger partial charge in [0.1, 0.15) is 0 Å². The van der Waals surface area contributed by atoms with Crippen molar-refractivity contribution in [2.75, 3.05) is 13.1 Å². The van der Waals surface area contributed by atoms with Crippen molar-refractivity contribution in [3.8, 4) is 0 Å². The molecule has 3 fully saturated rings. The average molecular weight is 222 g/mol. The Morgan fingerprint density at radius 3 is 2.75 bits per heavy atom. The highest BCUT2D eigenvalue weighted by atomic mass is 16.2. The lowest BCUT2D eigenvalue weighted by Gasteiger charge is -2.27. The molecular formula is C13H22N2O. The monoisotopic (exact) mass is 222 g/mol. The number of carbonyl (C=O) groups is 1. The second-order valence-corrected chi connectivity index (χ2v) is 5.83. The lowest BCUT2D eigenvalue weighted by molar-refractivity contribution is -0.127. The van der Waals surface area contributed by atoms with Gasteiger partial charge in [0.25, 0.3) is 0 Å². The van der Waals surface area contributed by atoms with E-state index in [1.54, 1.807) is 0 Å². The van der Waals surface area contributed by atoms with E-state index in [9.17, 15) is 4.79 Å². The predicted molar refractivity (Wildman–Crippen MR) is 63.0 cm³/mol. The van der Waals surface area contributed by atoms with Crippen LogP contribution in [0.3, 0.4) is 0 Å². The van der Waals surface area contributed by atoms with Gasteiger partial charge in [0, 0.05) is 18.5 Å². The van der Waals surface area contributed by atoms with E-state index in [1.807, 2.05) is 0 Å². The van der Waals surface area contributed by atoms with Gasteiger partial charge < -0.3 is 10.6 Å². The van der Waals surface area contributed by atoms with Crippen LogP contribution < -0.4 is 10.6 Å². The third-order valence-electron chi connectivity index (χ3n) is 4.72. The summed E-state index contributed by atoms with van der Waals surface area (Å²) in [5, 5.41) is 6.59. The van der Waals surface area contributed by atoms with E-state index < -0.39 is 0 Å². The van der Waals surface area contributed by atoms with Gasteiger partial charge in [-0.1, -0.05) is 6.42 Å². The first kappa shape index (κ1) is 10.6. The average Bonchev–Trinajstić information content (AvgIpc) is 2.92. The maximum absolute atomic E-state index is 12.2. The van der Waals surface area contributed by atoms with E-state index in [4.69, 9.17) is 0 Å². The van der Waals surface area contributed by atoms with Crippen LogP contribution in [0.1, 0.15) is 38.5 Å². The van der Waals surface area contributed by atoms with E-state index in [0.29, 0.717) is 23.8 Å². The molecule has 3 rings (SSSR count). The van der Waals surface area contributed by atoms with Crippen LogP contribution in [0, 0.1) is 17.8 Å². The Bertz CT molecular complexity index is 273. The summed E-state index contributed by atoms with van der Waals surface area (Å²) in [4.78, 5) is 12.2. The third-order valence-corrected chi connectivity index (χ3v) is 4.72. The summed E-state index contributed by atoms with van der Waals surface area (Å²) in [6.07, 6.45) is 7.50. The Balaban J connectivity index is 1.53. The highest BCUT2D eigenvalue weighted by Gasteiger charge is 2.43. The zero-order valence-electron chi connectivity index (χ0n) is 9.87. The number of carbonyl (C=O) groups excluding carboxylic acids is 1. The number of hydrogen-bond acceptors (Lipinski definition) is 2. The quantitative estimate of drug-likeness (QED) is 0.739. The van der Waals surface area contributed by atoms with E-state index in [2.05, 4.69) is 10.6 Å². The molecule has 0 aromatic heterocycles. The topological polar surface area (TPSA) is 41.1 Å². The van der Waals surface area contributed by atoms with E-state index in [0.717, 1.165) is 31.8 Å². The highest BCUT2D eigenvalue weighted by Crippen LogP contribution is 2.48. The highest BCUT2D eigenvalue weighted by molar-refractivity contribution is 5.79. The summed E-state index contributed by atoms with van der Waals surface area (Å²) >= 11 is 0. The Labute approximate surface area is 97.4 Å². The molecule has 2 N–H and O–H groups in total. The molecule has 90 valence electrons. The second-order valence-electron chi connectivity index (χ2n) is 5.83. The van der Waals surface area contributed by atoms with Crippen LogP contribution in [-0.2, 0) is 4.79 Å². The van der Waals surface area contributed by atoms with E-state index in [-0.39, 0.29) is 0 Å². The molecule has 2 bridgehead atoms. The molecule has 16 heavy (non-hydrogen) atoms. The summed E-state index contributed by atoms with van der Waals surface area (Å²) in [7, 11) is 0. The first-order valence-electron chi connectivity index (χ1n) is 6.84. The minimum atomic E-state index is 0.348. The zero-order valence-corrected chi connectivity index (χ0v) is 9.87. The number of amides is 1. The van der Waals surface area contributed by atoms with Crippen LogP contribution in [-0.4, -0.2) is 25.0 Å². The molecule has 1 amide bonds. The van der Waals surface area contributed by atoms with Gasteiger partial charge in [-0.25, -0.2) is 0 Å². The van der Waals surface area contributed by atoms with Gasteiger partial charge >= 0.3 is 0 Å². The van der Waals surface area contributed by atoms with Crippen LogP contribution in [0.25, 0.3) is 0 Å². The largest absolute Gasteiger partial charge is 0.352 e. The Kier molecular flexibility index (Phi) is 2.88. The van der Waals surface area contributed by atoms with Crippen molar-refractivity contribution in [1.29, 1.82) is 0 Å². The molecule has 1 aliphatic heterocycles. The molecule has 3 unspecified atom stereocenters. The van der Waals surface area contributed by atoms with Gasteiger partial charge in [-0.2, -0.15) is 0 Å². The Morgan fingerprint density at radius 2 is 2.12 bits per heavy atom. The minimum Gasteiger partial charge on any atom is -0.352 e. The van der Waals surface area contributed by atoms with E-state index >= 15 is 0 Å². The van der Waals surface area contributed by atoms with Crippen molar-refractivity contribution in [3.63, 3.8) is 0 Å². The van der Waals surface area contributed by atoms with Crippen molar-refractivity contribution < 1.29 is 4.79 Å². The van der Waals surface area contributed by atoms with Gasteiger partial charge in [0.2, 0.25) is 5.91 Å². The molecule has 0 spiro atoms. The summed E-state index contributed by atoms with van der Waals surface area (Å²) in [5.74, 6) is 2.27. The zero-order chi connectivity index (χ0) is 11.0. The number of fused-ring (bicyclic) bond motifs is 2. The van der Waals surface area contributed by atoms with Gasteiger partial charge in [0.05, 0.1) is 0 Å². The van der Waals surface area contributed by atoms with Crippen molar-refractivity contribution in [2.24, 2.45) is 17.8 Å². The molecule has 3 nitrogen and oxygen atoms in total. The van der Waals surface area contributed by atoms with Gasteiger partial charge in [-0.05, 0) is 50.5 Å². The number of hydrogen-bond donors (Lipinski definition) is 2. The molecule has 0 radical (unpaired) electrons. The Hall–Kier alpha value is -0.570. The third kappa shape index (κ3) is 1.97. The summed E-state index contributed by atoms with van der Waals surface area (Å²) < 4.78 is 0. The molecule has 2 saturated carbocycles. The maximum Gasteiger partial charge on any atom is 0.223 e. The lowest BCUT2D eigenvalue weighted by Crippen LogP contribution is -2.48. The van der Waals surface area contributed by atoms with Crippen LogP contribution in [0.2, 0.25) is 0 Å². The Morgan fingerprint density at radius 1 is 1.19 bits per heavy atom. The summed E-state index contributed by atoms with van der Waals surface area (Å²) in [6, 6.07) is 0.389. The minimum absolute atomic E-state index is 0.348. The molecule has 3 heteroatoms. The van der Waals surface area contributed by atoms with Gasteiger partial charge in [-0.15, -0.1) is 0 Å². The van der Waals surface area contributed by atoms with Crippen molar-refractivity contribution in [2.45, 2.75) is 44.6 Å². The van der Waals surface area contributed by atoms with Gasteiger partial charge in [0.15, 0.2) is 0 Å². The lowest BCUT2D eigenvalue weighted by atomic mass is 9.88. The molecule has 3 aliphatic rings. The molecule has 0 aromatic rings. The molecule has 4 atom stereocenters. The predicted octanol–water partition coefficient (Wildman–Crippen LogP) is 1.29. The summed E-state index contributed by atoms with van der Waals surface area (Å²) in [6.45, 7) is 2.08. The smallest absolute Gasteiger partial charge is 0.223 e. The first-order valence-corrected chi connectivity index (χ1v) is 6.84. The fraction of sp³-hybridized carbons (Fsp3) is 0.923. The number of piperidine rings is 1. The van der Waals surface area contributed by atoms with Crippen LogP contribution in [0.4, 0.5) is 0 Å². The molecule has 2 aliphatic carbocycles. The molecule has 0 aromatic carbocycles. The van der Waals surface area contributed by atoms with Crippen molar-refractivity contribution in [1.82, 2.24) is 10.6 Å². The fourth-order valence-electron chi connectivity index (χ4n) is 3.85. The maximum atomic E-state index is 12.2. The van der Waals surface area contributed by atoms with Gasteiger partial charge in [-0.3, -0.25) is 4.79 Å². The van der Waals surface area contributed by atoms with Crippen LogP contribution in [0.15, 0.2) is 0 Å². The molecule has 1 saturated heterocycles. The number of nitrogens with one attached hydrogen (secondary N) is 2. The van der Waals surface area contributed by atoms with Crippen LogP contribution >= 0.6 is 0 Å². The van der Waals surface area contributed by atoms with Crippen molar-refractivity contribution >= 4 is 5.91 Å². The fourth-order valence-corrected chi connectivity index (χ4v) is 3.85. The molecule has 1 heterocycles. The second kappa shape index (κ2) is 4.36. The normalized spacial score (nSPS) is 42.2. The summed E-state index contributed by atoms with van der Waals surface area (Å²) in [5.41, 5.74) is 0. The van der Waals surface area contributed by atoms with Crippen LogP contribution in [0.5, 0.6) is 0 Å². The SMILES string of the molecule is O=C(N[C@H]1CCCNC1)C1CC2CCC1C2. The first-order chi connectivity index (χ1) is 7.83. The standard InChI is InChI=1S/C13H22N2O/c16-13(15-11-2-1-5-14-8-11)12-7-9-3-4-10(12)6-9/h9-12,14H,1-8H2,(H,15,16)/t9?,10?,11-,12?/m0/s1. The molecular weight excluding hydrogens is 200 g/mol. The van der Waals surface area contributed by atoms with Crippen molar-refractivity contribution in [3.05, 3.63) is 0 Å².